The van der Waals surface area contributed by atoms with Crippen LogP contribution >= 0.6 is 0 Å². The Bertz CT molecular complexity index is 1160. The van der Waals surface area contributed by atoms with Crippen molar-refractivity contribution in [3.8, 4) is 0 Å². The molecule has 0 radical (unpaired) electrons. The van der Waals surface area contributed by atoms with Crippen LogP contribution in [0, 0.1) is 6.92 Å². The van der Waals surface area contributed by atoms with E-state index in [1.165, 1.54) is 11.1 Å². The summed E-state index contributed by atoms with van der Waals surface area (Å²) in [5.41, 5.74) is 5.27. The second-order valence-electron chi connectivity index (χ2n) is 8.37. The van der Waals surface area contributed by atoms with E-state index in [-0.39, 0.29) is 11.2 Å². The van der Waals surface area contributed by atoms with E-state index in [0.29, 0.717) is 13.0 Å². The highest BCUT2D eigenvalue weighted by molar-refractivity contribution is 7.85. The van der Waals surface area contributed by atoms with Gasteiger partial charge in [0.15, 0.2) is 0 Å². The van der Waals surface area contributed by atoms with Gasteiger partial charge in [0.05, 0.1) is 11.4 Å². The monoisotopic (exact) mass is 450 g/mol. The molecule has 0 atom stereocenters. The summed E-state index contributed by atoms with van der Waals surface area (Å²) in [4.78, 5) is 6.52. The Hall–Kier alpha value is -2.96. The van der Waals surface area contributed by atoms with Gasteiger partial charge in [0.25, 0.3) is 10.1 Å². The fourth-order valence-electron chi connectivity index (χ4n) is 3.90. The van der Waals surface area contributed by atoms with Crippen LogP contribution < -0.4 is 4.90 Å². The summed E-state index contributed by atoms with van der Waals surface area (Å²) in [6, 6.07) is 16.1. The van der Waals surface area contributed by atoms with Gasteiger partial charge in [-0.1, -0.05) is 68.0 Å². The molecule has 0 aromatic heterocycles. The van der Waals surface area contributed by atoms with Gasteiger partial charge < -0.3 is 4.90 Å². The van der Waals surface area contributed by atoms with Gasteiger partial charge in [0.2, 0.25) is 0 Å². The molecule has 1 heterocycles. The molecule has 1 aliphatic heterocycles. The highest BCUT2D eigenvalue weighted by atomic mass is 32.2. The molecule has 0 unspecified atom stereocenters. The van der Waals surface area contributed by atoms with E-state index in [2.05, 4.69) is 54.9 Å². The molecule has 32 heavy (non-hydrogen) atoms. The van der Waals surface area contributed by atoms with Crippen LogP contribution in [-0.4, -0.2) is 31.5 Å². The Labute approximate surface area is 191 Å². The van der Waals surface area contributed by atoms with E-state index in [0.717, 1.165) is 17.1 Å². The number of benzene rings is 2. The SMILES string of the molecule is Cc1ccc2c(c1)C(C)(C)\C(=C/C=C/C=C/C=N/c1ccccc1)N2CCCS(=O)(=O)O. The minimum atomic E-state index is -3.98. The van der Waals surface area contributed by atoms with Gasteiger partial charge in [-0.05, 0) is 49.3 Å². The first-order chi connectivity index (χ1) is 15.2. The van der Waals surface area contributed by atoms with Gasteiger partial charge in [-0.3, -0.25) is 9.55 Å². The molecule has 6 heteroatoms. The quantitative estimate of drug-likeness (QED) is 0.315. The predicted octanol–water partition coefficient (Wildman–Crippen LogP) is 5.77. The molecule has 2 aromatic carbocycles. The molecule has 0 aliphatic carbocycles. The van der Waals surface area contributed by atoms with Crippen LogP contribution in [0.15, 0.2) is 89.6 Å². The first-order valence-corrected chi connectivity index (χ1v) is 12.3. The highest BCUT2D eigenvalue weighted by Gasteiger charge is 2.39. The third kappa shape index (κ3) is 6.05. The maximum Gasteiger partial charge on any atom is 0.264 e. The van der Waals surface area contributed by atoms with Crippen LogP contribution in [0.25, 0.3) is 0 Å². The lowest BCUT2D eigenvalue weighted by Crippen LogP contribution is -2.28. The third-order valence-corrected chi connectivity index (χ3v) is 6.29. The molecule has 0 fully saturated rings. The summed E-state index contributed by atoms with van der Waals surface area (Å²) in [5.74, 6) is -0.252. The number of rotatable bonds is 8. The molecule has 2 aromatic rings. The predicted molar refractivity (Wildman–Crippen MR) is 134 cm³/mol. The third-order valence-electron chi connectivity index (χ3n) is 5.48. The van der Waals surface area contributed by atoms with Crippen LogP contribution in [0.2, 0.25) is 0 Å². The van der Waals surface area contributed by atoms with Crippen molar-refractivity contribution < 1.29 is 13.0 Å². The number of nitrogens with zero attached hydrogens (tertiary/aromatic N) is 2. The van der Waals surface area contributed by atoms with Gasteiger partial charge in [-0.15, -0.1) is 0 Å². The van der Waals surface area contributed by atoms with Crippen molar-refractivity contribution in [1.82, 2.24) is 0 Å². The fraction of sp³-hybridized carbons (Fsp3) is 0.269. The lowest BCUT2D eigenvalue weighted by Gasteiger charge is -2.27. The minimum absolute atomic E-state index is 0.220. The molecule has 5 nitrogen and oxygen atoms in total. The average Bonchev–Trinajstić information content (AvgIpc) is 2.93. The standard InChI is InChI=1S/C26H30N2O3S/c1-21-15-16-24-23(20-21)26(2,3)25(28(24)18-11-19-32(29,30)31)14-9-4-5-10-17-27-22-12-7-6-8-13-22/h4-10,12-17,20H,11,18-19H2,1-3H3,(H,29,30,31)/b9-4+,10-5+,25-14+,27-17+. The van der Waals surface area contributed by atoms with Crippen LogP contribution in [0.4, 0.5) is 11.4 Å². The van der Waals surface area contributed by atoms with Gasteiger partial charge in [0, 0.05) is 29.6 Å². The van der Waals surface area contributed by atoms with E-state index in [1.807, 2.05) is 54.6 Å². The second-order valence-corrected chi connectivity index (χ2v) is 9.94. The molecule has 3 rings (SSSR count). The Morgan fingerprint density at radius 2 is 1.75 bits per heavy atom. The molecular formula is C26H30N2O3S. The summed E-state index contributed by atoms with van der Waals surface area (Å²) in [6.07, 6.45) is 11.9. The zero-order valence-electron chi connectivity index (χ0n) is 18.8. The molecule has 1 aliphatic rings. The average molecular weight is 451 g/mol. The molecule has 1 N–H and O–H groups in total. The van der Waals surface area contributed by atoms with E-state index in [1.54, 1.807) is 6.21 Å². The molecule has 168 valence electrons. The molecular weight excluding hydrogens is 420 g/mol. The number of allylic oxidation sites excluding steroid dienone is 6. The smallest absolute Gasteiger partial charge is 0.264 e. The minimum Gasteiger partial charge on any atom is -0.344 e. The maximum absolute atomic E-state index is 11.2. The Morgan fingerprint density at radius 1 is 1.03 bits per heavy atom. The Kier molecular flexibility index (Phi) is 7.48. The largest absolute Gasteiger partial charge is 0.344 e. The van der Waals surface area contributed by atoms with Crippen molar-refractivity contribution in [3.05, 3.63) is 95.7 Å². The number of hydrogen-bond donors (Lipinski definition) is 1. The summed E-state index contributed by atoms with van der Waals surface area (Å²) in [6.45, 7) is 6.94. The number of fused-ring (bicyclic) bond motifs is 1. The van der Waals surface area contributed by atoms with Crippen LogP contribution in [0.3, 0.4) is 0 Å². The van der Waals surface area contributed by atoms with Crippen LogP contribution in [0.1, 0.15) is 31.4 Å². The normalized spacial score (nSPS) is 17.2. The van der Waals surface area contributed by atoms with E-state index >= 15 is 0 Å². The topological polar surface area (TPSA) is 70.0 Å². The number of para-hydroxylation sites is 1. The van der Waals surface area contributed by atoms with Gasteiger partial charge >= 0.3 is 0 Å². The van der Waals surface area contributed by atoms with Crippen LogP contribution in [-0.2, 0) is 15.5 Å². The molecule has 0 saturated heterocycles. The Balaban J connectivity index is 1.78. The number of anilines is 1. The number of hydrogen-bond acceptors (Lipinski definition) is 4. The summed E-state index contributed by atoms with van der Waals surface area (Å²) < 4.78 is 31.5. The van der Waals surface area contributed by atoms with Crippen LogP contribution in [0.5, 0.6) is 0 Å². The molecule has 0 amide bonds. The van der Waals surface area contributed by atoms with Crippen molar-refractivity contribution in [2.45, 2.75) is 32.6 Å². The lowest BCUT2D eigenvalue weighted by atomic mass is 9.83. The van der Waals surface area contributed by atoms with Crippen molar-refractivity contribution in [2.75, 3.05) is 17.2 Å². The highest BCUT2D eigenvalue weighted by Crippen LogP contribution is 2.48. The summed E-state index contributed by atoms with van der Waals surface area (Å²) in [7, 11) is -3.98. The lowest BCUT2D eigenvalue weighted by molar-refractivity contribution is 0.481. The molecule has 0 bridgehead atoms. The molecule has 0 spiro atoms. The first kappa shape index (κ1) is 23.7. The van der Waals surface area contributed by atoms with Gasteiger partial charge in [0.1, 0.15) is 0 Å². The zero-order valence-corrected chi connectivity index (χ0v) is 19.6. The van der Waals surface area contributed by atoms with E-state index < -0.39 is 10.1 Å². The van der Waals surface area contributed by atoms with Crippen molar-refractivity contribution in [2.24, 2.45) is 4.99 Å². The zero-order chi connectivity index (χ0) is 23.2. The van der Waals surface area contributed by atoms with Gasteiger partial charge in [-0.25, -0.2) is 0 Å². The first-order valence-electron chi connectivity index (χ1n) is 10.7. The van der Waals surface area contributed by atoms with Crippen molar-refractivity contribution in [3.63, 3.8) is 0 Å². The van der Waals surface area contributed by atoms with Gasteiger partial charge in [-0.2, -0.15) is 8.42 Å². The number of aryl methyl sites for hydroxylation is 1. The van der Waals surface area contributed by atoms with Crippen molar-refractivity contribution in [1.29, 1.82) is 0 Å². The Morgan fingerprint density at radius 3 is 2.47 bits per heavy atom. The second kappa shape index (κ2) is 10.1. The van der Waals surface area contributed by atoms with Crippen molar-refractivity contribution >= 4 is 27.7 Å². The summed E-state index contributed by atoms with van der Waals surface area (Å²) >= 11 is 0. The summed E-state index contributed by atoms with van der Waals surface area (Å²) in [5, 5.41) is 0. The van der Waals surface area contributed by atoms with E-state index in [9.17, 15) is 8.42 Å². The fourth-order valence-corrected chi connectivity index (χ4v) is 4.40. The number of aliphatic imine (C=N–C) groups is 1. The maximum atomic E-state index is 11.2. The van der Waals surface area contributed by atoms with E-state index in [4.69, 9.17) is 4.55 Å². The molecule has 0 saturated carbocycles.